The highest BCUT2D eigenvalue weighted by Crippen LogP contribution is 2.16. The topological polar surface area (TPSA) is 83.6 Å². The van der Waals surface area contributed by atoms with Crippen LogP contribution in [0.1, 0.15) is 24.8 Å². The van der Waals surface area contributed by atoms with E-state index < -0.39 is 10.0 Å². The van der Waals surface area contributed by atoms with Crippen LogP contribution in [0.25, 0.3) is 0 Å². The van der Waals surface area contributed by atoms with Crippen molar-refractivity contribution in [3.63, 3.8) is 0 Å². The third kappa shape index (κ3) is 5.70. The minimum atomic E-state index is -3.46. The van der Waals surface area contributed by atoms with E-state index in [4.69, 9.17) is 23.1 Å². The molecule has 118 valence electrons. The molecule has 0 amide bonds. The quantitative estimate of drug-likeness (QED) is 0.527. The van der Waals surface area contributed by atoms with Crippen LogP contribution in [0.2, 0.25) is 0 Å². The van der Waals surface area contributed by atoms with Gasteiger partial charge in [-0.3, -0.25) is 0 Å². The first-order valence-electron chi connectivity index (χ1n) is 6.82. The van der Waals surface area contributed by atoms with Crippen molar-refractivity contribution in [3.05, 3.63) is 29.8 Å². The molecule has 0 aliphatic carbocycles. The van der Waals surface area contributed by atoms with Gasteiger partial charge in [0.1, 0.15) is 0 Å². The summed E-state index contributed by atoms with van der Waals surface area (Å²) in [5, 5.41) is 8.71. The van der Waals surface area contributed by atoms with Crippen LogP contribution in [-0.4, -0.2) is 43.0 Å². The van der Waals surface area contributed by atoms with Crippen LogP contribution in [0, 0.1) is 0 Å². The normalized spacial score (nSPS) is 11.8. The SMILES string of the molecule is CN(CCCCCO)S(=O)(=O)c1ccc(CC(N)=S)cc1. The van der Waals surface area contributed by atoms with Crippen molar-refractivity contribution in [1.82, 2.24) is 4.31 Å². The average Bonchev–Trinajstić information content (AvgIpc) is 2.43. The number of benzene rings is 1. The van der Waals surface area contributed by atoms with Gasteiger partial charge in [0.25, 0.3) is 0 Å². The summed E-state index contributed by atoms with van der Waals surface area (Å²) in [4.78, 5) is 0.644. The molecule has 0 saturated heterocycles. The molecule has 0 radical (unpaired) electrons. The summed E-state index contributed by atoms with van der Waals surface area (Å²) in [5.41, 5.74) is 6.36. The van der Waals surface area contributed by atoms with E-state index in [9.17, 15) is 8.42 Å². The van der Waals surface area contributed by atoms with Gasteiger partial charge < -0.3 is 10.8 Å². The van der Waals surface area contributed by atoms with Crippen molar-refractivity contribution in [1.29, 1.82) is 0 Å². The smallest absolute Gasteiger partial charge is 0.242 e. The standard InChI is InChI=1S/C14H22N2O3S2/c1-16(9-3-2-4-10-17)21(18,19)13-7-5-12(6-8-13)11-14(15)20/h5-8,17H,2-4,9-11H2,1H3,(H2,15,20). The van der Waals surface area contributed by atoms with E-state index >= 15 is 0 Å². The monoisotopic (exact) mass is 330 g/mol. The first kappa shape index (κ1) is 18.0. The number of nitrogens with zero attached hydrogens (tertiary/aromatic N) is 1. The van der Waals surface area contributed by atoms with Gasteiger partial charge in [-0.25, -0.2) is 12.7 Å². The lowest BCUT2D eigenvalue weighted by atomic mass is 10.1. The molecule has 0 saturated carbocycles. The summed E-state index contributed by atoms with van der Waals surface area (Å²) in [7, 11) is -1.90. The van der Waals surface area contributed by atoms with Crippen molar-refractivity contribution in [2.75, 3.05) is 20.2 Å². The van der Waals surface area contributed by atoms with Crippen LogP contribution < -0.4 is 5.73 Å². The molecule has 5 nitrogen and oxygen atoms in total. The zero-order valence-electron chi connectivity index (χ0n) is 12.2. The van der Waals surface area contributed by atoms with Crippen molar-refractivity contribution in [3.8, 4) is 0 Å². The van der Waals surface area contributed by atoms with Gasteiger partial charge in [-0.2, -0.15) is 0 Å². The van der Waals surface area contributed by atoms with Gasteiger partial charge in [-0.15, -0.1) is 0 Å². The minimum Gasteiger partial charge on any atom is -0.396 e. The van der Waals surface area contributed by atoms with E-state index in [-0.39, 0.29) is 11.5 Å². The number of aliphatic hydroxyl groups excluding tert-OH is 1. The summed E-state index contributed by atoms with van der Waals surface area (Å²) in [6.07, 6.45) is 2.70. The minimum absolute atomic E-state index is 0.140. The third-order valence-corrected chi connectivity index (χ3v) is 5.16. The van der Waals surface area contributed by atoms with Crippen molar-refractivity contribution in [2.24, 2.45) is 5.73 Å². The molecule has 1 rings (SSSR count). The van der Waals surface area contributed by atoms with E-state index in [0.29, 0.717) is 24.4 Å². The van der Waals surface area contributed by atoms with Crippen LogP contribution in [0.3, 0.4) is 0 Å². The number of hydrogen-bond donors (Lipinski definition) is 2. The van der Waals surface area contributed by atoms with Gasteiger partial charge in [-0.05, 0) is 37.0 Å². The second kappa shape index (κ2) is 8.43. The molecule has 3 N–H and O–H groups in total. The molecule has 0 aliphatic rings. The van der Waals surface area contributed by atoms with Gasteiger partial charge in [0.05, 0.1) is 9.88 Å². The average molecular weight is 330 g/mol. The summed E-state index contributed by atoms with van der Waals surface area (Å²) in [5.74, 6) is 0. The Balaban J connectivity index is 2.70. The Hall–Kier alpha value is -1.02. The summed E-state index contributed by atoms with van der Waals surface area (Å²) in [6.45, 7) is 0.581. The third-order valence-electron chi connectivity index (χ3n) is 3.14. The largest absolute Gasteiger partial charge is 0.396 e. The van der Waals surface area contributed by atoms with Gasteiger partial charge in [-0.1, -0.05) is 24.4 Å². The molecule has 1 aromatic rings. The Morgan fingerprint density at radius 1 is 1.24 bits per heavy atom. The highest BCUT2D eigenvalue weighted by Gasteiger charge is 2.19. The van der Waals surface area contributed by atoms with E-state index in [0.717, 1.165) is 18.4 Å². The first-order valence-corrected chi connectivity index (χ1v) is 8.67. The molecule has 0 heterocycles. The predicted molar refractivity (Wildman–Crippen MR) is 87.7 cm³/mol. The number of hydrogen-bond acceptors (Lipinski definition) is 4. The predicted octanol–water partition coefficient (Wildman–Crippen LogP) is 1.30. The zero-order valence-corrected chi connectivity index (χ0v) is 13.8. The Labute approximate surface area is 131 Å². The van der Waals surface area contributed by atoms with Gasteiger partial charge in [0.15, 0.2) is 0 Å². The van der Waals surface area contributed by atoms with E-state index in [1.807, 2.05) is 0 Å². The van der Waals surface area contributed by atoms with Crippen molar-refractivity contribution < 1.29 is 13.5 Å². The highest BCUT2D eigenvalue weighted by atomic mass is 32.2. The summed E-state index contributed by atoms with van der Waals surface area (Å²) >= 11 is 4.83. The molecule has 0 aliphatic heterocycles. The molecular weight excluding hydrogens is 308 g/mol. The molecule has 0 unspecified atom stereocenters. The number of thiocarbonyl (C=S) groups is 1. The fourth-order valence-corrected chi connectivity index (χ4v) is 3.28. The van der Waals surface area contributed by atoms with E-state index in [1.54, 1.807) is 31.3 Å². The fraction of sp³-hybridized carbons (Fsp3) is 0.500. The van der Waals surface area contributed by atoms with Gasteiger partial charge in [0, 0.05) is 26.6 Å². The molecule has 21 heavy (non-hydrogen) atoms. The number of nitrogens with two attached hydrogens (primary N) is 1. The number of rotatable bonds is 9. The van der Waals surface area contributed by atoms with E-state index in [1.165, 1.54) is 4.31 Å². The lowest BCUT2D eigenvalue weighted by molar-refractivity contribution is 0.281. The van der Waals surface area contributed by atoms with Crippen LogP contribution >= 0.6 is 12.2 Å². The lowest BCUT2D eigenvalue weighted by Gasteiger charge is -2.17. The second-order valence-corrected chi connectivity index (χ2v) is 7.47. The number of unbranched alkanes of at least 4 members (excludes halogenated alkanes) is 2. The molecule has 0 bridgehead atoms. The Morgan fingerprint density at radius 3 is 2.38 bits per heavy atom. The molecule has 7 heteroatoms. The summed E-state index contributed by atoms with van der Waals surface area (Å²) in [6, 6.07) is 6.61. The van der Waals surface area contributed by atoms with Gasteiger partial charge >= 0.3 is 0 Å². The Morgan fingerprint density at radius 2 is 1.86 bits per heavy atom. The maximum Gasteiger partial charge on any atom is 0.242 e. The Bertz CT molecular complexity index is 556. The van der Waals surface area contributed by atoms with Crippen LogP contribution in [0.5, 0.6) is 0 Å². The maximum absolute atomic E-state index is 12.4. The van der Waals surface area contributed by atoms with Crippen molar-refractivity contribution >= 4 is 27.2 Å². The molecule has 0 aromatic heterocycles. The highest BCUT2D eigenvalue weighted by molar-refractivity contribution is 7.89. The van der Waals surface area contributed by atoms with Crippen molar-refractivity contribution in [2.45, 2.75) is 30.6 Å². The summed E-state index contributed by atoms with van der Waals surface area (Å²) < 4.78 is 26.1. The van der Waals surface area contributed by atoms with Crippen LogP contribution in [-0.2, 0) is 16.4 Å². The Kier molecular flexibility index (Phi) is 7.24. The molecule has 0 fully saturated rings. The maximum atomic E-state index is 12.4. The lowest BCUT2D eigenvalue weighted by Crippen LogP contribution is -2.28. The first-order chi connectivity index (χ1) is 9.87. The van der Waals surface area contributed by atoms with E-state index in [2.05, 4.69) is 0 Å². The molecular formula is C14H22N2O3S2. The van der Waals surface area contributed by atoms with Gasteiger partial charge in [0.2, 0.25) is 10.0 Å². The molecule has 0 spiro atoms. The molecule has 1 aromatic carbocycles. The van der Waals surface area contributed by atoms with Crippen LogP contribution in [0.4, 0.5) is 0 Å². The zero-order chi connectivity index (χ0) is 15.9. The second-order valence-electron chi connectivity index (χ2n) is 4.90. The van der Waals surface area contributed by atoms with Crippen LogP contribution in [0.15, 0.2) is 29.2 Å². The number of aliphatic hydroxyl groups is 1. The molecule has 0 atom stereocenters. The number of sulfonamides is 1. The fourth-order valence-electron chi connectivity index (χ4n) is 1.90.